The highest BCUT2D eigenvalue weighted by Crippen LogP contribution is 2.31. The Hall–Kier alpha value is -2.14. The van der Waals surface area contributed by atoms with Gasteiger partial charge < -0.3 is 0 Å². The number of hydrogen-bond acceptors (Lipinski definition) is 2. The van der Waals surface area contributed by atoms with Gasteiger partial charge in [0, 0.05) is 17.1 Å². The van der Waals surface area contributed by atoms with Gasteiger partial charge in [-0.05, 0) is 30.3 Å². The van der Waals surface area contributed by atoms with Gasteiger partial charge in [-0.15, -0.1) is 0 Å². The highest BCUT2D eigenvalue weighted by molar-refractivity contribution is 6.35. The van der Waals surface area contributed by atoms with Gasteiger partial charge in [0.15, 0.2) is 5.65 Å². The summed E-state index contributed by atoms with van der Waals surface area (Å²) in [7, 11) is 0. The van der Waals surface area contributed by atoms with Gasteiger partial charge in [0.05, 0.1) is 16.3 Å². The van der Waals surface area contributed by atoms with Crippen molar-refractivity contribution in [2.75, 3.05) is 0 Å². The Kier molecular flexibility index (Phi) is 3.29. The summed E-state index contributed by atoms with van der Waals surface area (Å²) in [5, 5.41) is 1.24. The molecule has 21 heavy (non-hydrogen) atoms. The lowest BCUT2D eigenvalue weighted by Gasteiger charge is -2.08. The van der Waals surface area contributed by atoms with Crippen LogP contribution >= 0.6 is 11.6 Å². The van der Waals surface area contributed by atoms with Crippen molar-refractivity contribution in [3.63, 3.8) is 0 Å². The van der Waals surface area contributed by atoms with E-state index in [1.54, 1.807) is 18.2 Å². The molecule has 0 radical (unpaired) electrons. The topological polar surface area (TPSA) is 25.8 Å². The highest BCUT2D eigenvalue weighted by Gasteiger charge is 2.29. The number of halogens is 4. The van der Waals surface area contributed by atoms with Gasteiger partial charge in [-0.3, -0.25) is 0 Å². The molecule has 6 heteroatoms. The van der Waals surface area contributed by atoms with Crippen molar-refractivity contribution in [2.45, 2.75) is 6.18 Å². The molecule has 0 spiro atoms. The Labute approximate surface area is 123 Å². The van der Waals surface area contributed by atoms with E-state index in [0.717, 1.165) is 12.1 Å². The van der Waals surface area contributed by atoms with Gasteiger partial charge in [0.1, 0.15) is 0 Å². The molecule has 106 valence electrons. The van der Waals surface area contributed by atoms with E-state index in [9.17, 15) is 13.2 Å². The highest BCUT2D eigenvalue weighted by atomic mass is 35.5. The van der Waals surface area contributed by atoms with Crippen molar-refractivity contribution in [2.24, 2.45) is 0 Å². The Bertz CT molecular complexity index is 798. The zero-order chi connectivity index (χ0) is 15.0. The molecule has 0 saturated carbocycles. The molecule has 3 rings (SSSR count). The summed E-state index contributed by atoms with van der Waals surface area (Å²) in [4.78, 5) is 8.43. The van der Waals surface area contributed by atoms with Crippen molar-refractivity contribution in [3.05, 3.63) is 59.2 Å². The average molecular weight is 309 g/mol. The van der Waals surface area contributed by atoms with E-state index in [-0.39, 0.29) is 0 Å². The van der Waals surface area contributed by atoms with Gasteiger partial charge in [0.25, 0.3) is 0 Å². The monoisotopic (exact) mass is 308 g/mol. The van der Waals surface area contributed by atoms with Crippen LogP contribution in [0.3, 0.4) is 0 Å². The summed E-state index contributed by atoms with van der Waals surface area (Å²) >= 11 is 6.02. The lowest BCUT2D eigenvalue weighted by Crippen LogP contribution is -2.04. The summed E-state index contributed by atoms with van der Waals surface area (Å²) in [6.07, 6.45) is -2.81. The maximum Gasteiger partial charge on any atom is 0.416 e. The predicted molar refractivity (Wildman–Crippen MR) is 75.0 cm³/mol. The van der Waals surface area contributed by atoms with Crippen LogP contribution in [0.15, 0.2) is 48.7 Å². The van der Waals surface area contributed by atoms with Crippen LogP contribution < -0.4 is 0 Å². The summed E-state index contributed by atoms with van der Waals surface area (Å²) in [5.74, 6) is 0. The van der Waals surface area contributed by atoms with Gasteiger partial charge in [-0.2, -0.15) is 13.2 Å². The van der Waals surface area contributed by atoms with Crippen molar-refractivity contribution in [3.8, 4) is 11.3 Å². The molecule has 0 atom stereocenters. The number of pyridine rings is 2. The molecular weight excluding hydrogens is 301 g/mol. The zero-order valence-corrected chi connectivity index (χ0v) is 11.3. The van der Waals surface area contributed by atoms with Crippen LogP contribution in [-0.4, -0.2) is 9.97 Å². The molecule has 2 heterocycles. The normalized spacial score (nSPS) is 11.8. The Morgan fingerprint density at radius 3 is 2.29 bits per heavy atom. The number of nitrogens with zero attached hydrogens (tertiary/aromatic N) is 2. The van der Waals surface area contributed by atoms with E-state index in [0.29, 0.717) is 27.3 Å². The van der Waals surface area contributed by atoms with Crippen LogP contribution in [0.1, 0.15) is 5.56 Å². The molecule has 0 bridgehead atoms. The third-order valence-electron chi connectivity index (χ3n) is 3.06. The summed E-state index contributed by atoms with van der Waals surface area (Å²) < 4.78 is 37.6. The summed E-state index contributed by atoms with van der Waals surface area (Å²) in [6, 6.07) is 9.97. The van der Waals surface area contributed by atoms with E-state index in [1.165, 1.54) is 18.3 Å². The Morgan fingerprint density at radius 2 is 1.62 bits per heavy atom. The second-order valence-corrected chi connectivity index (χ2v) is 4.84. The first-order valence-electron chi connectivity index (χ1n) is 6.04. The quantitative estimate of drug-likeness (QED) is 0.634. The van der Waals surface area contributed by atoms with Gasteiger partial charge >= 0.3 is 6.18 Å². The van der Waals surface area contributed by atoms with Crippen molar-refractivity contribution < 1.29 is 13.2 Å². The van der Waals surface area contributed by atoms with Crippen LogP contribution in [0, 0.1) is 0 Å². The third kappa shape index (κ3) is 2.69. The standard InChI is InChI=1S/C15H8ClF3N2/c16-12-7-8-20-14-11(12)5-6-13(21-14)9-1-3-10(4-2-9)15(17,18)19/h1-8H. The molecule has 0 N–H and O–H groups in total. The molecule has 0 saturated heterocycles. The van der Waals surface area contributed by atoms with Crippen LogP contribution in [-0.2, 0) is 6.18 Å². The lowest BCUT2D eigenvalue weighted by molar-refractivity contribution is -0.137. The minimum Gasteiger partial charge on any atom is -0.237 e. The van der Waals surface area contributed by atoms with E-state index >= 15 is 0 Å². The molecule has 3 aromatic rings. The number of aromatic nitrogens is 2. The van der Waals surface area contributed by atoms with Crippen molar-refractivity contribution >= 4 is 22.6 Å². The molecule has 0 unspecified atom stereocenters. The third-order valence-corrected chi connectivity index (χ3v) is 3.39. The largest absolute Gasteiger partial charge is 0.416 e. The van der Waals surface area contributed by atoms with E-state index in [1.807, 2.05) is 0 Å². The molecule has 1 aromatic carbocycles. The van der Waals surface area contributed by atoms with E-state index < -0.39 is 11.7 Å². The number of alkyl halides is 3. The second kappa shape index (κ2) is 5.00. The molecule has 2 aromatic heterocycles. The van der Waals surface area contributed by atoms with Gasteiger partial charge in [-0.25, -0.2) is 9.97 Å². The maximum atomic E-state index is 12.5. The molecule has 0 aliphatic heterocycles. The lowest BCUT2D eigenvalue weighted by atomic mass is 10.1. The SMILES string of the molecule is FC(F)(F)c1ccc(-c2ccc3c(Cl)ccnc3n2)cc1. The molecule has 0 aliphatic rings. The molecule has 0 fully saturated rings. The fraction of sp³-hybridized carbons (Fsp3) is 0.0667. The number of fused-ring (bicyclic) bond motifs is 1. The van der Waals surface area contributed by atoms with Crippen LogP contribution in [0.5, 0.6) is 0 Å². The predicted octanol–water partition coefficient (Wildman–Crippen LogP) is 4.97. The van der Waals surface area contributed by atoms with Crippen LogP contribution in [0.25, 0.3) is 22.3 Å². The van der Waals surface area contributed by atoms with E-state index in [4.69, 9.17) is 11.6 Å². The molecular formula is C15H8ClF3N2. The summed E-state index contributed by atoms with van der Waals surface area (Å²) in [6.45, 7) is 0. The fourth-order valence-corrected chi connectivity index (χ4v) is 2.19. The number of hydrogen-bond donors (Lipinski definition) is 0. The second-order valence-electron chi connectivity index (χ2n) is 4.44. The minimum atomic E-state index is -4.34. The number of benzene rings is 1. The minimum absolute atomic E-state index is 0.458. The fourth-order valence-electron chi connectivity index (χ4n) is 1.99. The molecule has 0 amide bonds. The number of rotatable bonds is 1. The van der Waals surface area contributed by atoms with E-state index in [2.05, 4.69) is 9.97 Å². The van der Waals surface area contributed by atoms with Gasteiger partial charge in [-0.1, -0.05) is 23.7 Å². The maximum absolute atomic E-state index is 12.5. The Morgan fingerprint density at radius 1 is 0.905 bits per heavy atom. The summed E-state index contributed by atoms with van der Waals surface area (Å²) in [5.41, 5.74) is 0.908. The first-order chi connectivity index (χ1) is 9.95. The van der Waals surface area contributed by atoms with Crippen LogP contribution in [0.4, 0.5) is 13.2 Å². The zero-order valence-electron chi connectivity index (χ0n) is 10.5. The molecule has 2 nitrogen and oxygen atoms in total. The molecule has 0 aliphatic carbocycles. The smallest absolute Gasteiger partial charge is 0.237 e. The Balaban J connectivity index is 2.04. The average Bonchev–Trinajstić information content (AvgIpc) is 2.46. The first kappa shape index (κ1) is 13.8. The van der Waals surface area contributed by atoms with Crippen LogP contribution in [0.2, 0.25) is 5.02 Å². The van der Waals surface area contributed by atoms with Crippen molar-refractivity contribution in [1.82, 2.24) is 9.97 Å². The van der Waals surface area contributed by atoms with Crippen molar-refractivity contribution in [1.29, 1.82) is 0 Å². The van der Waals surface area contributed by atoms with Gasteiger partial charge in [0.2, 0.25) is 0 Å². The first-order valence-corrected chi connectivity index (χ1v) is 6.42.